The lowest BCUT2D eigenvalue weighted by Crippen LogP contribution is -2.37. The highest BCUT2D eigenvalue weighted by Gasteiger charge is 2.72. The highest BCUT2D eigenvalue weighted by Crippen LogP contribution is 2.72. The third kappa shape index (κ3) is 2.49. The first-order valence-corrected chi connectivity index (χ1v) is 10.9. The summed E-state index contributed by atoms with van der Waals surface area (Å²) in [6.45, 7) is 11.2. The zero-order valence-corrected chi connectivity index (χ0v) is 17.5. The number of aryl methyl sites for hydroxylation is 3. The maximum atomic E-state index is 13.1. The van der Waals surface area contributed by atoms with Gasteiger partial charge in [0.25, 0.3) is 10.0 Å². The van der Waals surface area contributed by atoms with Crippen LogP contribution in [0.3, 0.4) is 0 Å². The molecule has 1 aliphatic heterocycles. The van der Waals surface area contributed by atoms with E-state index in [2.05, 4.69) is 52.0 Å². The van der Waals surface area contributed by atoms with Gasteiger partial charge in [0, 0.05) is 23.6 Å². The number of sulfonamides is 1. The van der Waals surface area contributed by atoms with Crippen molar-refractivity contribution >= 4 is 10.0 Å². The van der Waals surface area contributed by atoms with Gasteiger partial charge in [0.1, 0.15) is 0 Å². The Morgan fingerprint density at radius 1 is 0.963 bits per heavy atom. The van der Waals surface area contributed by atoms with Gasteiger partial charge in [0.05, 0.1) is 4.90 Å². The minimum absolute atomic E-state index is 0.0803. The molecule has 0 amide bonds. The van der Waals surface area contributed by atoms with E-state index in [1.807, 2.05) is 19.1 Å². The Balaban J connectivity index is 1.74. The molecule has 0 aromatic heterocycles. The second-order valence-corrected chi connectivity index (χ2v) is 10.5. The summed E-state index contributed by atoms with van der Waals surface area (Å²) in [5.41, 5.74) is 4.69. The molecule has 0 N–H and O–H groups in total. The van der Waals surface area contributed by atoms with Crippen molar-refractivity contribution in [3.05, 3.63) is 77.0 Å². The minimum atomic E-state index is -3.53. The summed E-state index contributed by atoms with van der Waals surface area (Å²) in [6, 6.07) is 13.8. The summed E-state index contributed by atoms with van der Waals surface area (Å²) in [5.74, 6) is 0.390. The molecule has 3 nitrogen and oxygen atoms in total. The van der Waals surface area contributed by atoms with E-state index >= 15 is 0 Å². The van der Waals surface area contributed by atoms with Crippen molar-refractivity contribution in [2.24, 2.45) is 11.3 Å². The molecule has 142 valence electrons. The fraction of sp³-hybridized carbons (Fsp3) is 0.391. The fourth-order valence-electron chi connectivity index (χ4n) is 5.03. The monoisotopic (exact) mass is 381 g/mol. The third-order valence-corrected chi connectivity index (χ3v) is 8.55. The highest BCUT2D eigenvalue weighted by atomic mass is 32.2. The van der Waals surface area contributed by atoms with Crippen molar-refractivity contribution in [3.8, 4) is 0 Å². The van der Waals surface area contributed by atoms with Gasteiger partial charge in [-0.2, -0.15) is 0 Å². The van der Waals surface area contributed by atoms with Gasteiger partial charge in [-0.05, 0) is 44.4 Å². The lowest BCUT2D eigenvalue weighted by Gasteiger charge is -2.32. The van der Waals surface area contributed by atoms with E-state index in [1.165, 1.54) is 21.0 Å². The zero-order valence-electron chi connectivity index (χ0n) is 16.7. The molecule has 0 saturated heterocycles. The number of nitrogens with zero attached hydrogens (tertiary/aromatic N) is 1. The molecule has 27 heavy (non-hydrogen) atoms. The number of benzene rings is 2. The summed E-state index contributed by atoms with van der Waals surface area (Å²) in [5, 5.41) is 0. The Kier molecular flexibility index (Phi) is 3.87. The van der Waals surface area contributed by atoms with Crippen LogP contribution in [-0.4, -0.2) is 19.3 Å². The first kappa shape index (κ1) is 18.3. The molecule has 3 atom stereocenters. The number of fused-ring (bicyclic) bond motifs is 1. The van der Waals surface area contributed by atoms with Crippen molar-refractivity contribution in [2.45, 2.75) is 44.9 Å². The molecule has 4 rings (SSSR count). The molecule has 2 aliphatic rings. The Labute approximate surface area is 162 Å². The van der Waals surface area contributed by atoms with Gasteiger partial charge in [-0.1, -0.05) is 66.9 Å². The molecule has 0 radical (unpaired) electrons. The summed E-state index contributed by atoms with van der Waals surface area (Å²) in [6.07, 6.45) is 3.92. The van der Waals surface area contributed by atoms with E-state index < -0.39 is 10.0 Å². The van der Waals surface area contributed by atoms with Gasteiger partial charge in [0.2, 0.25) is 0 Å². The van der Waals surface area contributed by atoms with Crippen LogP contribution in [0.4, 0.5) is 0 Å². The van der Waals surface area contributed by atoms with Crippen molar-refractivity contribution in [1.29, 1.82) is 0 Å². The van der Waals surface area contributed by atoms with Gasteiger partial charge >= 0.3 is 0 Å². The average Bonchev–Trinajstić information content (AvgIpc) is 3.11. The number of allylic oxidation sites excluding steroid dienone is 1. The molecule has 0 spiro atoms. The molecule has 4 heteroatoms. The van der Waals surface area contributed by atoms with Crippen LogP contribution in [0.15, 0.2) is 59.6 Å². The van der Waals surface area contributed by atoms with Crippen LogP contribution in [0.2, 0.25) is 0 Å². The molecule has 1 saturated carbocycles. The van der Waals surface area contributed by atoms with E-state index in [4.69, 9.17) is 0 Å². The zero-order chi connectivity index (χ0) is 19.6. The summed E-state index contributed by atoms with van der Waals surface area (Å²) >= 11 is 0. The number of hydrogen-bond acceptors (Lipinski definition) is 2. The standard InChI is InChI=1S/C23H27NO2S/c1-16-6-8-21(9-7-16)27(25,26)24-11-10-23(19(4)22(23,5)15-24)20-13-17(2)12-18(3)14-20/h6-14,19H,15H2,1-5H3/t19-,22-,23+/m0/s1. The topological polar surface area (TPSA) is 37.4 Å². The number of rotatable bonds is 3. The van der Waals surface area contributed by atoms with Crippen LogP contribution in [-0.2, 0) is 15.4 Å². The molecule has 2 aromatic rings. The molecule has 0 bridgehead atoms. The maximum absolute atomic E-state index is 13.1. The summed E-state index contributed by atoms with van der Waals surface area (Å²) in [7, 11) is -3.53. The van der Waals surface area contributed by atoms with E-state index in [0.717, 1.165) is 5.56 Å². The van der Waals surface area contributed by atoms with Crippen molar-refractivity contribution < 1.29 is 8.42 Å². The Morgan fingerprint density at radius 3 is 2.11 bits per heavy atom. The Morgan fingerprint density at radius 2 is 1.56 bits per heavy atom. The van der Waals surface area contributed by atoms with Crippen LogP contribution < -0.4 is 0 Å². The fourth-order valence-corrected chi connectivity index (χ4v) is 6.44. The SMILES string of the molecule is Cc1ccc(S(=O)(=O)N2C=C[C@]3(c4cc(C)cc(C)c4)[C@@H](C)[C@]3(C)C2)cc1. The lowest BCUT2D eigenvalue weighted by atomic mass is 9.84. The van der Waals surface area contributed by atoms with Gasteiger partial charge in [-0.3, -0.25) is 4.31 Å². The summed E-state index contributed by atoms with van der Waals surface area (Å²) in [4.78, 5) is 0.355. The molecular weight excluding hydrogens is 354 g/mol. The van der Waals surface area contributed by atoms with Crippen molar-refractivity contribution in [1.82, 2.24) is 4.31 Å². The molecular formula is C23H27NO2S. The summed E-state index contributed by atoms with van der Waals surface area (Å²) < 4.78 is 27.8. The van der Waals surface area contributed by atoms with E-state index in [1.54, 1.807) is 18.3 Å². The van der Waals surface area contributed by atoms with E-state index in [0.29, 0.717) is 17.4 Å². The first-order valence-electron chi connectivity index (χ1n) is 9.48. The van der Waals surface area contributed by atoms with Crippen LogP contribution in [0.25, 0.3) is 0 Å². The molecule has 0 unspecified atom stereocenters. The Hall–Kier alpha value is -2.07. The van der Waals surface area contributed by atoms with Crippen molar-refractivity contribution in [2.75, 3.05) is 6.54 Å². The predicted molar refractivity (Wildman–Crippen MR) is 109 cm³/mol. The largest absolute Gasteiger partial charge is 0.273 e. The van der Waals surface area contributed by atoms with Crippen LogP contribution >= 0.6 is 0 Å². The van der Waals surface area contributed by atoms with Gasteiger partial charge < -0.3 is 0 Å². The number of hydrogen-bond donors (Lipinski definition) is 0. The predicted octanol–water partition coefficient (Wildman–Crippen LogP) is 4.72. The quantitative estimate of drug-likeness (QED) is 0.771. The van der Waals surface area contributed by atoms with Gasteiger partial charge in [0.15, 0.2) is 0 Å². The molecule has 1 fully saturated rings. The maximum Gasteiger partial charge on any atom is 0.263 e. The lowest BCUT2D eigenvalue weighted by molar-refractivity contribution is 0.355. The molecule has 1 aliphatic carbocycles. The normalized spacial score (nSPS) is 29.5. The molecule has 2 aromatic carbocycles. The van der Waals surface area contributed by atoms with E-state index in [-0.39, 0.29) is 10.8 Å². The minimum Gasteiger partial charge on any atom is -0.273 e. The van der Waals surface area contributed by atoms with Crippen LogP contribution in [0, 0.1) is 32.1 Å². The first-order chi connectivity index (χ1) is 12.6. The highest BCUT2D eigenvalue weighted by molar-refractivity contribution is 7.89. The Bertz CT molecular complexity index is 1020. The van der Waals surface area contributed by atoms with Gasteiger partial charge in [-0.15, -0.1) is 0 Å². The van der Waals surface area contributed by atoms with Crippen LogP contribution in [0.1, 0.15) is 36.1 Å². The van der Waals surface area contributed by atoms with Crippen LogP contribution in [0.5, 0.6) is 0 Å². The second kappa shape index (κ2) is 5.71. The smallest absolute Gasteiger partial charge is 0.263 e. The second-order valence-electron chi connectivity index (χ2n) is 8.56. The average molecular weight is 382 g/mol. The van der Waals surface area contributed by atoms with E-state index in [9.17, 15) is 8.42 Å². The third-order valence-electron chi connectivity index (χ3n) is 6.82. The van der Waals surface area contributed by atoms with Gasteiger partial charge in [-0.25, -0.2) is 8.42 Å². The van der Waals surface area contributed by atoms with Crippen molar-refractivity contribution in [3.63, 3.8) is 0 Å². The molecule has 1 heterocycles.